The Morgan fingerprint density at radius 1 is 1.10 bits per heavy atom. The molecular formula is C24H30O6. The average Bonchev–Trinajstić information content (AvgIpc) is 2.63. The number of esters is 1. The molecule has 0 saturated heterocycles. The van der Waals surface area contributed by atoms with E-state index >= 15 is 0 Å². The molecule has 0 fully saturated rings. The summed E-state index contributed by atoms with van der Waals surface area (Å²) in [4.78, 5) is 24.3. The van der Waals surface area contributed by atoms with Gasteiger partial charge < -0.3 is 18.6 Å². The molecule has 0 radical (unpaired) electrons. The van der Waals surface area contributed by atoms with Crippen molar-refractivity contribution in [3.8, 4) is 17.2 Å². The standard InChI is InChI=1S/C24H30O6/c1-15(2)9-7-10-17(5)13-14-27-23-22(29-18(6)25)19-11-8-12-20(28-16(3)4)21(19)30-24(23)26/h8-9,11-13,16H,7,10,14H2,1-6H3/b17-13+. The van der Waals surface area contributed by atoms with E-state index in [0.717, 1.165) is 18.4 Å². The van der Waals surface area contributed by atoms with Gasteiger partial charge in [-0.25, -0.2) is 4.79 Å². The number of allylic oxidation sites excluding steroid dienone is 3. The van der Waals surface area contributed by atoms with Crippen molar-refractivity contribution in [2.75, 3.05) is 6.61 Å². The van der Waals surface area contributed by atoms with Gasteiger partial charge in [0, 0.05) is 6.92 Å². The molecule has 2 aromatic rings. The third-order valence-corrected chi connectivity index (χ3v) is 4.17. The van der Waals surface area contributed by atoms with Crippen molar-refractivity contribution in [3.05, 3.63) is 51.9 Å². The lowest BCUT2D eigenvalue weighted by Crippen LogP contribution is -2.13. The molecule has 0 atom stereocenters. The molecule has 0 amide bonds. The minimum Gasteiger partial charge on any atom is -0.487 e. The molecule has 2 rings (SSSR count). The molecule has 0 bridgehead atoms. The number of ether oxygens (including phenoxy) is 3. The first-order chi connectivity index (χ1) is 14.2. The minimum absolute atomic E-state index is 0.0403. The van der Waals surface area contributed by atoms with Gasteiger partial charge in [-0.2, -0.15) is 0 Å². The van der Waals surface area contributed by atoms with Crippen molar-refractivity contribution in [2.45, 2.75) is 60.5 Å². The van der Waals surface area contributed by atoms with Crippen LogP contribution < -0.4 is 19.8 Å². The summed E-state index contributed by atoms with van der Waals surface area (Å²) in [6.45, 7) is 11.3. The average molecular weight is 414 g/mol. The Bertz CT molecular complexity index is 1010. The van der Waals surface area contributed by atoms with Crippen LogP contribution in [0.15, 0.2) is 50.7 Å². The van der Waals surface area contributed by atoms with Gasteiger partial charge >= 0.3 is 11.6 Å². The van der Waals surface area contributed by atoms with Crippen LogP contribution in [0.25, 0.3) is 11.0 Å². The van der Waals surface area contributed by atoms with E-state index in [2.05, 4.69) is 19.9 Å². The molecule has 30 heavy (non-hydrogen) atoms. The van der Waals surface area contributed by atoms with Crippen LogP contribution in [0.5, 0.6) is 17.2 Å². The highest BCUT2D eigenvalue weighted by atomic mass is 16.6. The number of benzene rings is 1. The molecule has 162 valence electrons. The quantitative estimate of drug-likeness (QED) is 0.303. The summed E-state index contributed by atoms with van der Waals surface area (Å²) in [7, 11) is 0. The molecule has 1 aromatic heterocycles. The fourth-order valence-electron chi connectivity index (χ4n) is 2.83. The van der Waals surface area contributed by atoms with Crippen LogP contribution in [0, 0.1) is 0 Å². The molecule has 0 unspecified atom stereocenters. The molecule has 6 nitrogen and oxygen atoms in total. The lowest BCUT2D eigenvalue weighted by Gasteiger charge is -2.14. The number of rotatable bonds is 9. The maximum Gasteiger partial charge on any atom is 0.383 e. The van der Waals surface area contributed by atoms with Gasteiger partial charge in [-0.3, -0.25) is 4.79 Å². The van der Waals surface area contributed by atoms with Crippen LogP contribution in [0.1, 0.15) is 54.4 Å². The molecule has 0 aliphatic heterocycles. The van der Waals surface area contributed by atoms with Crippen LogP contribution in [-0.4, -0.2) is 18.7 Å². The molecule has 6 heteroatoms. The van der Waals surface area contributed by atoms with E-state index in [0.29, 0.717) is 11.1 Å². The molecule has 1 aromatic carbocycles. The van der Waals surface area contributed by atoms with Crippen molar-refractivity contribution in [1.29, 1.82) is 0 Å². The van der Waals surface area contributed by atoms with Crippen LogP contribution >= 0.6 is 0 Å². The Morgan fingerprint density at radius 3 is 2.47 bits per heavy atom. The molecule has 0 spiro atoms. The molecule has 0 N–H and O–H groups in total. The summed E-state index contributed by atoms with van der Waals surface area (Å²) in [6.07, 6.45) is 5.80. The number of para-hydroxylation sites is 1. The highest BCUT2D eigenvalue weighted by molar-refractivity contribution is 5.91. The van der Waals surface area contributed by atoms with Crippen LogP contribution in [-0.2, 0) is 4.79 Å². The third-order valence-electron chi connectivity index (χ3n) is 4.17. The molecule has 1 heterocycles. The number of carbonyl (C=O) groups excluding carboxylic acids is 1. The number of hydrogen-bond donors (Lipinski definition) is 0. The molecule has 0 aliphatic rings. The Hall–Kier alpha value is -3.02. The zero-order chi connectivity index (χ0) is 22.3. The van der Waals surface area contributed by atoms with Crippen LogP contribution in [0.4, 0.5) is 0 Å². The Morgan fingerprint density at radius 2 is 1.83 bits per heavy atom. The van der Waals surface area contributed by atoms with E-state index in [4.69, 9.17) is 18.6 Å². The Kier molecular flexibility index (Phi) is 8.27. The summed E-state index contributed by atoms with van der Waals surface area (Å²) in [6, 6.07) is 5.13. The van der Waals surface area contributed by atoms with Crippen molar-refractivity contribution < 1.29 is 23.4 Å². The maximum atomic E-state index is 12.6. The first-order valence-corrected chi connectivity index (χ1v) is 10.1. The topological polar surface area (TPSA) is 75.0 Å². The number of carbonyl (C=O) groups is 1. The summed E-state index contributed by atoms with van der Waals surface area (Å²) in [5.74, 6) is -0.253. The summed E-state index contributed by atoms with van der Waals surface area (Å²) in [5.41, 5.74) is 1.90. The SMILES string of the molecule is CC(=O)Oc1c(OC/C=C(\C)CCC=C(C)C)c(=O)oc2c(OC(C)C)cccc12. The maximum absolute atomic E-state index is 12.6. The Labute approximate surface area is 177 Å². The molecular weight excluding hydrogens is 384 g/mol. The minimum atomic E-state index is -0.728. The van der Waals surface area contributed by atoms with Crippen molar-refractivity contribution >= 4 is 16.9 Å². The number of hydrogen-bond acceptors (Lipinski definition) is 6. The smallest absolute Gasteiger partial charge is 0.383 e. The van der Waals surface area contributed by atoms with E-state index in [1.807, 2.05) is 26.8 Å². The van der Waals surface area contributed by atoms with E-state index in [1.54, 1.807) is 18.2 Å². The van der Waals surface area contributed by atoms with Crippen LogP contribution in [0.3, 0.4) is 0 Å². The lowest BCUT2D eigenvalue weighted by atomic mass is 10.1. The van der Waals surface area contributed by atoms with Gasteiger partial charge in [0.2, 0.25) is 5.75 Å². The van der Waals surface area contributed by atoms with E-state index in [1.165, 1.54) is 12.5 Å². The van der Waals surface area contributed by atoms with E-state index < -0.39 is 11.6 Å². The van der Waals surface area contributed by atoms with Gasteiger partial charge in [0.25, 0.3) is 0 Å². The predicted molar refractivity (Wildman–Crippen MR) is 117 cm³/mol. The third kappa shape index (κ3) is 6.51. The van der Waals surface area contributed by atoms with E-state index in [9.17, 15) is 9.59 Å². The fraction of sp³-hybridized carbons (Fsp3) is 0.417. The predicted octanol–water partition coefficient (Wildman–Crippen LogP) is 5.58. The second-order valence-electron chi connectivity index (χ2n) is 7.62. The summed E-state index contributed by atoms with van der Waals surface area (Å²) < 4.78 is 22.2. The van der Waals surface area contributed by atoms with E-state index in [-0.39, 0.29) is 29.8 Å². The highest BCUT2D eigenvalue weighted by Crippen LogP contribution is 2.37. The van der Waals surface area contributed by atoms with Gasteiger partial charge in [0.1, 0.15) is 6.61 Å². The Balaban J connectivity index is 2.37. The largest absolute Gasteiger partial charge is 0.487 e. The zero-order valence-corrected chi connectivity index (χ0v) is 18.5. The summed E-state index contributed by atoms with van der Waals surface area (Å²) >= 11 is 0. The fourth-order valence-corrected chi connectivity index (χ4v) is 2.83. The normalized spacial score (nSPS) is 11.5. The second-order valence-corrected chi connectivity index (χ2v) is 7.62. The summed E-state index contributed by atoms with van der Waals surface area (Å²) in [5, 5.41) is 0.433. The molecule has 0 saturated carbocycles. The van der Waals surface area contributed by atoms with Crippen molar-refractivity contribution in [3.63, 3.8) is 0 Å². The monoisotopic (exact) mass is 414 g/mol. The van der Waals surface area contributed by atoms with Crippen molar-refractivity contribution in [1.82, 2.24) is 0 Å². The van der Waals surface area contributed by atoms with Gasteiger partial charge in [-0.05, 0) is 65.7 Å². The lowest BCUT2D eigenvalue weighted by molar-refractivity contribution is -0.131. The van der Waals surface area contributed by atoms with Gasteiger partial charge in [0.15, 0.2) is 17.1 Å². The number of fused-ring (bicyclic) bond motifs is 1. The second kappa shape index (κ2) is 10.7. The van der Waals surface area contributed by atoms with Gasteiger partial charge in [-0.15, -0.1) is 0 Å². The first-order valence-electron chi connectivity index (χ1n) is 10.1. The highest BCUT2D eigenvalue weighted by Gasteiger charge is 2.21. The molecule has 0 aliphatic carbocycles. The zero-order valence-electron chi connectivity index (χ0n) is 18.5. The first kappa shape index (κ1) is 23.3. The van der Waals surface area contributed by atoms with Crippen molar-refractivity contribution in [2.24, 2.45) is 0 Å². The van der Waals surface area contributed by atoms with Gasteiger partial charge in [-0.1, -0.05) is 23.3 Å². The van der Waals surface area contributed by atoms with Crippen LogP contribution in [0.2, 0.25) is 0 Å². The van der Waals surface area contributed by atoms with Gasteiger partial charge in [0.05, 0.1) is 11.5 Å².